The number of aromatic hydroxyl groups is 1. The number of rotatable bonds is 2. The summed E-state index contributed by atoms with van der Waals surface area (Å²) in [6, 6.07) is 10.4. The monoisotopic (exact) mass is 348 g/mol. The average molecular weight is 348 g/mol. The van der Waals surface area contributed by atoms with Gasteiger partial charge in [0.1, 0.15) is 5.65 Å². The Morgan fingerprint density at radius 1 is 1.12 bits per heavy atom. The van der Waals surface area contributed by atoms with E-state index in [0.717, 1.165) is 10.1 Å². The lowest BCUT2D eigenvalue weighted by Gasteiger charge is -2.05. The van der Waals surface area contributed by atoms with Crippen molar-refractivity contribution in [3.8, 4) is 39.8 Å². The highest BCUT2D eigenvalue weighted by molar-refractivity contribution is 5.82. The Morgan fingerprint density at radius 3 is 2.85 bits per heavy atom. The highest BCUT2D eigenvalue weighted by atomic mass is 16.7. The maximum Gasteiger partial charge on any atom is 0.275 e. The van der Waals surface area contributed by atoms with Crippen LogP contribution in [0.15, 0.2) is 53.6 Å². The van der Waals surface area contributed by atoms with Crippen LogP contribution >= 0.6 is 0 Å². The van der Waals surface area contributed by atoms with Crippen molar-refractivity contribution in [3.63, 3.8) is 0 Å². The van der Waals surface area contributed by atoms with Crippen molar-refractivity contribution in [2.45, 2.75) is 0 Å². The molecular weight excluding hydrogens is 336 g/mol. The third kappa shape index (κ3) is 2.12. The van der Waals surface area contributed by atoms with Crippen molar-refractivity contribution in [1.29, 1.82) is 0 Å². The Labute approximate surface area is 146 Å². The summed E-state index contributed by atoms with van der Waals surface area (Å²) in [5, 5.41) is 14.2. The summed E-state index contributed by atoms with van der Waals surface area (Å²) in [4.78, 5) is 19.7. The molecule has 4 aromatic rings. The quantitative estimate of drug-likeness (QED) is 0.576. The molecule has 0 saturated carbocycles. The Morgan fingerprint density at radius 2 is 2.00 bits per heavy atom. The van der Waals surface area contributed by atoms with Gasteiger partial charge in [0.15, 0.2) is 11.5 Å². The van der Waals surface area contributed by atoms with Gasteiger partial charge in [-0.25, -0.2) is 0 Å². The van der Waals surface area contributed by atoms with Crippen molar-refractivity contribution in [1.82, 2.24) is 19.6 Å². The van der Waals surface area contributed by atoms with E-state index < -0.39 is 0 Å². The molecule has 8 nitrogen and oxygen atoms in total. The van der Waals surface area contributed by atoms with Crippen molar-refractivity contribution in [2.24, 2.45) is 0 Å². The molecule has 128 valence electrons. The minimum absolute atomic E-state index is 0.177. The van der Waals surface area contributed by atoms with Crippen molar-refractivity contribution in [2.75, 3.05) is 6.79 Å². The van der Waals surface area contributed by atoms with E-state index in [0.29, 0.717) is 34.0 Å². The molecule has 8 heteroatoms. The summed E-state index contributed by atoms with van der Waals surface area (Å²) in [7, 11) is 0. The zero-order valence-corrected chi connectivity index (χ0v) is 13.3. The van der Waals surface area contributed by atoms with Crippen LogP contribution in [0.2, 0.25) is 0 Å². The predicted molar refractivity (Wildman–Crippen MR) is 92.3 cm³/mol. The first-order chi connectivity index (χ1) is 12.7. The topological polar surface area (TPSA) is 102 Å². The Balaban J connectivity index is 1.75. The summed E-state index contributed by atoms with van der Waals surface area (Å²) in [6.07, 6.45) is 3.23. The van der Waals surface area contributed by atoms with Crippen LogP contribution in [0.5, 0.6) is 17.4 Å². The molecule has 1 aromatic carbocycles. The molecule has 1 aliphatic heterocycles. The molecule has 1 aliphatic rings. The molecule has 26 heavy (non-hydrogen) atoms. The first-order valence-corrected chi connectivity index (χ1v) is 7.86. The molecule has 0 aliphatic carbocycles. The minimum atomic E-state index is -0.364. The van der Waals surface area contributed by atoms with Crippen molar-refractivity contribution >= 4 is 5.65 Å². The van der Waals surface area contributed by atoms with E-state index >= 15 is 0 Å². The number of nitrogens with one attached hydrogen (secondary N) is 1. The predicted octanol–water partition coefficient (Wildman–Crippen LogP) is 2.19. The SMILES string of the molecule is O=c1cc(-c2ccc3c(c2)OCO3)[nH]c2c(-c3cccnc3)c(O)nn12. The van der Waals surface area contributed by atoms with Gasteiger partial charge in [0, 0.05) is 29.6 Å². The molecule has 0 amide bonds. The number of ether oxygens (including phenoxy) is 2. The van der Waals surface area contributed by atoms with Gasteiger partial charge >= 0.3 is 0 Å². The van der Waals surface area contributed by atoms with Gasteiger partial charge in [-0.3, -0.25) is 9.78 Å². The zero-order valence-electron chi connectivity index (χ0n) is 13.3. The molecule has 4 heterocycles. The minimum Gasteiger partial charge on any atom is -0.492 e. The summed E-state index contributed by atoms with van der Waals surface area (Å²) < 4.78 is 11.8. The van der Waals surface area contributed by atoms with E-state index in [4.69, 9.17) is 9.47 Å². The maximum atomic E-state index is 12.5. The molecule has 2 N–H and O–H groups in total. The highest BCUT2D eigenvalue weighted by Crippen LogP contribution is 2.36. The fraction of sp³-hybridized carbons (Fsp3) is 0.0556. The van der Waals surface area contributed by atoms with Gasteiger partial charge < -0.3 is 19.6 Å². The fourth-order valence-corrected chi connectivity index (χ4v) is 3.03. The van der Waals surface area contributed by atoms with Crippen LogP contribution in [-0.2, 0) is 0 Å². The molecule has 0 radical (unpaired) electrons. The lowest BCUT2D eigenvalue weighted by Crippen LogP contribution is -2.14. The van der Waals surface area contributed by atoms with Crippen molar-refractivity contribution in [3.05, 3.63) is 59.1 Å². The molecule has 0 bridgehead atoms. The molecule has 0 unspecified atom stereocenters. The van der Waals surface area contributed by atoms with Crippen LogP contribution in [0.1, 0.15) is 0 Å². The number of pyridine rings is 1. The van der Waals surface area contributed by atoms with E-state index in [9.17, 15) is 9.90 Å². The second kappa shape index (κ2) is 5.35. The lowest BCUT2D eigenvalue weighted by atomic mass is 10.1. The first kappa shape index (κ1) is 14.5. The molecule has 5 rings (SSSR count). The smallest absolute Gasteiger partial charge is 0.275 e. The Bertz CT molecular complexity index is 1200. The van der Waals surface area contributed by atoms with Gasteiger partial charge in [-0.2, -0.15) is 4.52 Å². The normalized spacial score (nSPS) is 12.6. The number of aromatic nitrogens is 4. The summed E-state index contributed by atoms with van der Waals surface area (Å²) in [6.45, 7) is 0.177. The number of nitrogens with zero attached hydrogens (tertiary/aromatic N) is 3. The maximum absolute atomic E-state index is 12.5. The second-order valence-electron chi connectivity index (χ2n) is 5.79. The van der Waals surface area contributed by atoms with Gasteiger partial charge in [0.25, 0.3) is 5.56 Å². The molecule has 3 aromatic heterocycles. The third-order valence-corrected chi connectivity index (χ3v) is 4.23. The zero-order chi connectivity index (χ0) is 17.7. The number of H-pyrrole nitrogens is 1. The van der Waals surface area contributed by atoms with E-state index in [2.05, 4.69) is 15.1 Å². The average Bonchev–Trinajstić information content (AvgIpc) is 3.25. The van der Waals surface area contributed by atoms with Gasteiger partial charge in [-0.1, -0.05) is 6.07 Å². The number of aromatic amines is 1. The highest BCUT2D eigenvalue weighted by Gasteiger charge is 2.19. The van der Waals surface area contributed by atoms with Gasteiger partial charge in [-0.05, 0) is 24.3 Å². The van der Waals surface area contributed by atoms with Crippen LogP contribution in [0.3, 0.4) is 0 Å². The van der Waals surface area contributed by atoms with E-state index in [1.807, 2.05) is 6.07 Å². The van der Waals surface area contributed by atoms with Gasteiger partial charge in [0.2, 0.25) is 12.7 Å². The number of hydrogen-bond acceptors (Lipinski definition) is 6. The van der Waals surface area contributed by atoms with Crippen LogP contribution in [-0.4, -0.2) is 31.5 Å². The number of fused-ring (bicyclic) bond motifs is 2. The molecule has 0 spiro atoms. The van der Waals surface area contributed by atoms with Gasteiger partial charge in [0.05, 0.1) is 11.3 Å². The van der Waals surface area contributed by atoms with Gasteiger partial charge in [-0.15, -0.1) is 5.10 Å². The standard InChI is InChI=1S/C18H12N4O4/c23-15-7-12(10-3-4-13-14(6-10)26-9-25-13)20-17-16(18(24)21-22(15)17)11-2-1-5-19-8-11/h1-8,20H,9H2,(H,21,24). The summed E-state index contributed by atoms with van der Waals surface area (Å²) in [5.41, 5.74) is 2.42. The molecule has 0 atom stereocenters. The van der Waals surface area contributed by atoms with Crippen LogP contribution in [0.25, 0.3) is 28.0 Å². The van der Waals surface area contributed by atoms with E-state index in [1.54, 1.807) is 36.7 Å². The van der Waals surface area contributed by atoms with Crippen LogP contribution in [0.4, 0.5) is 0 Å². The third-order valence-electron chi connectivity index (χ3n) is 4.23. The molecular formula is C18H12N4O4. The lowest BCUT2D eigenvalue weighted by molar-refractivity contribution is 0.174. The number of hydrogen-bond donors (Lipinski definition) is 2. The van der Waals surface area contributed by atoms with E-state index in [-0.39, 0.29) is 18.2 Å². The molecule has 0 saturated heterocycles. The first-order valence-electron chi connectivity index (χ1n) is 7.86. The van der Waals surface area contributed by atoms with Crippen LogP contribution < -0.4 is 15.0 Å². The molecule has 0 fully saturated rings. The summed E-state index contributed by atoms with van der Waals surface area (Å²) >= 11 is 0. The summed E-state index contributed by atoms with van der Waals surface area (Å²) in [5.74, 6) is 1.04. The van der Waals surface area contributed by atoms with Crippen molar-refractivity contribution < 1.29 is 14.6 Å². The fourth-order valence-electron chi connectivity index (χ4n) is 3.03. The largest absolute Gasteiger partial charge is 0.492 e. The Hall–Kier alpha value is -3.81. The van der Waals surface area contributed by atoms with Crippen LogP contribution in [0, 0.1) is 0 Å². The van der Waals surface area contributed by atoms with E-state index in [1.165, 1.54) is 6.07 Å². The number of benzene rings is 1. The Kier molecular flexibility index (Phi) is 2.99. The second-order valence-corrected chi connectivity index (χ2v) is 5.79.